The van der Waals surface area contributed by atoms with Crippen LogP contribution < -0.4 is 0 Å². The molecule has 0 bridgehead atoms. The van der Waals surface area contributed by atoms with E-state index in [2.05, 4.69) is 0 Å². The van der Waals surface area contributed by atoms with Crippen LogP contribution in [0.25, 0.3) is 0 Å². The molecule has 0 aliphatic carbocycles. The van der Waals surface area contributed by atoms with Gasteiger partial charge in [0, 0.05) is 0 Å². The summed E-state index contributed by atoms with van der Waals surface area (Å²) in [6, 6.07) is 2.80. The Bertz CT molecular complexity index is 482. The molecule has 0 saturated carbocycles. The van der Waals surface area contributed by atoms with Crippen LogP contribution in [0.15, 0.2) is 0 Å². The van der Waals surface area contributed by atoms with Crippen molar-refractivity contribution in [3.05, 3.63) is 0 Å². The highest BCUT2D eigenvalue weighted by Gasteiger charge is 2.60. The third kappa shape index (κ3) is 3.50. The second-order valence-electron chi connectivity index (χ2n) is 4.29. The second-order valence-corrected chi connectivity index (χ2v) is 4.29. The number of halogens is 6. The number of hydrogen-bond donors (Lipinski definition) is 0. The summed E-state index contributed by atoms with van der Waals surface area (Å²) in [5.41, 5.74) is 0. The molecule has 0 amide bonds. The van der Waals surface area contributed by atoms with Gasteiger partial charge in [0.15, 0.2) is 18.5 Å². The van der Waals surface area contributed by atoms with Crippen LogP contribution in [0.1, 0.15) is 0 Å². The third-order valence-electron chi connectivity index (χ3n) is 2.83. The molecule has 1 saturated heterocycles. The van der Waals surface area contributed by atoms with Gasteiger partial charge in [-0.3, -0.25) is 4.90 Å². The minimum absolute atomic E-state index is 0.350. The topological polar surface area (TPSA) is 81.1 Å². The molecule has 120 valence electrons. The summed E-state index contributed by atoms with van der Waals surface area (Å²) in [7, 11) is 0. The minimum Gasteiger partial charge on any atom is -0.259 e. The molecule has 1 fully saturated rings. The average molecular weight is 326 g/mol. The molecule has 0 N–H and O–H groups in total. The second kappa shape index (κ2) is 6.26. The van der Waals surface area contributed by atoms with Gasteiger partial charge in [-0.05, 0) is 0 Å². The average Bonchev–Trinajstić information content (AvgIpc) is 2.35. The standard InChI is InChI=1S/C10H8F6N6/c11-9(12,13)7-20(3-1-17)6-21(4-2-18)8(10(14,15)16)22(7)5-19/h7-8H,3-4,6H2. The lowest BCUT2D eigenvalue weighted by Gasteiger charge is -2.50. The van der Waals surface area contributed by atoms with Crippen molar-refractivity contribution in [1.29, 1.82) is 15.8 Å². The maximum Gasteiger partial charge on any atom is 0.423 e. The van der Waals surface area contributed by atoms with E-state index < -0.39 is 49.3 Å². The fourth-order valence-electron chi connectivity index (χ4n) is 2.17. The molecule has 6 nitrogen and oxygen atoms in total. The van der Waals surface area contributed by atoms with E-state index in [0.29, 0.717) is 9.80 Å². The predicted molar refractivity (Wildman–Crippen MR) is 56.6 cm³/mol. The molecule has 0 aromatic rings. The van der Waals surface area contributed by atoms with E-state index in [9.17, 15) is 26.3 Å². The maximum absolute atomic E-state index is 13.0. The van der Waals surface area contributed by atoms with Gasteiger partial charge >= 0.3 is 12.4 Å². The van der Waals surface area contributed by atoms with Gasteiger partial charge in [-0.15, -0.1) is 0 Å². The van der Waals surface area contributed by atoms with Gasteiger partial charge in [-0.2, -0.15) is 42.1 Å². The molecular weight excluding hydrogens is 318 g/mol. The quantitative estimate of drug-likeness (QED) is 0.430. The van der Waals surface area contributed by atoms with Crippen molar-refractivity contribution in [2.45, 2.75) is 24.7 Å². The molecule has 1 aliphatic heterocycles. The first kappa shape index (κ1) is 17.8. The van der Waals surface area contributed by atoms with Gasteiger partial charge in [-0.1, -0.05) is 0 Å². The zero-order valence-corrected chi connectivity index (χ0v) is 10.7. The number of rotatable bonds is 2. The molecule has 1 heterocycles. The fraction of sp³-hybridized carbons (Fsp3) is 0.700. The van der Waals surface area contributed by atoms with E-state index in [0.717, 1.165) is 6.19 Å². The molecule has 0 aromatic carbocycles. The third-order valence-corrected chi connectivity index (χ3v) is 2.83. The highest BCUT2D eigenvalue weighted by Crippen LogP contribution is 2.38. The van der Waals surface area contributed by atoms with Crippen LogP contribution in [0.2, 0.25) is 0 Å². The first-order chi connectivity index (χ1) is 10.1. The van der Waals surface area contributed by atoms with Crippen molar-refractivity contribution in [3.8, 4) is 18.3 Å². The van der Waals surface area contributed by atoms with Crippen LogP contribution in [0.4, 0.5) is 26.3 Å². The highest BCUT2D eigenvalue weighted by molar-refractivity contribution is 5.01. The van der Waals surface area contributed by atoms with Crippen LogP contribution >= 0.6 is 0 Å². The molecule has 1 aliphatic rings. The van der Waals surface area contributed by atoms with Crippen molar-refractivity contribution < 1.29 is 26.3 Å². The molecule has 1 rings (SSSR count). The lowest BCUT2D eigenvalue weighted by molar-refractivity contribution is -0.302. The van der Waals surface area contributed by atoms with Crippen LogP contribution in [-0.2, 0) is 0 Å². The van der Waals surface area contributed by atoms with Gasteiger partial charge in [0.2, 0.25) is 0 Å². The van der Waals surface area contributed by atoms with Crippen molar-refractivity contribution in [2.24, 2.45) is 0 Å². The summed E-state index contributed by atoms with van der Waals surface area (Å²) in [4.78, 5) is 0.212. The maximum atomic E-state index is 13.0. The monoisotopic (exact) mass is 326 g/mol. The molecule has 12 heteroatoms. The molecule has 2 unspecified atom stereocenters. The molecule has 0 aromatic heterocycles. The Morgan fingerprint density at radius 3 is 1.41 bits per heavy atom. The number of nitrogens with zero attached hydrogens (tertiary/aromatic N) is 6. The van der Waals surface area contributed by atoms with Crippen LogP contribution in [0.5, 0.6) is 0 Å². The van der Waals surface area contributed by atoms with E-state index in [1.54, 1.807) is 0 Å². The van der Waals surface area contributed by atoms with E-state index >= 15 is 0 Å². The Labute approximate surface area is 120 Å². The van der Waals surface area contributed by atoms with E-state index in [1.807, 2.05) is 0 Å². The minimum atomic E-state index is -5.19. The molecule has 0 radical (unpaired) electrons. The van der Waals surface area contributed by atoms with Crippen molar-refractivity contribution in [2.75, 3.05) is 19.8 Å². The molecule has 0 spiro atoms. The van der Waals surface area contributed by atoms with Crippen molar-refractivity contribution >= 4 is 0 Å². The van der Waals surface area contributed by atoms with Crippen LogP contribution in [0.3, 0.4) is 0 Å². The first-order valence-corrected chi connectivity index (χ1v) is 5.61. The predicted octanol–water partition coefficient (Wildman–Crippen LogP) is 1.17. The molecule has 22 heavy (non-hydrogen) atoms. The Balaban J connectivity index is 3.36. The van der Waals surface area contributed by atoms with Crippen LogP contribution in [0, 0.1) is 34.1 Å². The number of hydrogen-bond acceptors (Lipinski definition) is 6. The van der Waals surface area contributed by atoms with E-state index in [4.69, 9.17) is 15.8 Å². The van der Waals surface area contributed by atoms with Gasteiger partial charge in [0.1, 0.15) is 0 Å². The summed E-state index contributed by atoms with van der Waals surface area (Å²) in [6.45, 7) is -2.63. The fourth-order valence-corrected chi connectivity index (χ4v) is 2.17. The van der Waals surface area contributed by atoms with Crippen molar-refractivity contribution in [1.82, 2.24) is 14.7 Å². The number of nitriles is 3. The summed E-state index contributed by atoms with van der Waals surface area (Å²) < 4.78 is 78.2. The van der Waals surface area contributed by atoms with Crippen LogP contribution in [-0.4, -0.2) is 59.1 Å². The Morgan fingerprint density at radius 1 is 0.818 bits per heavy atom. The zero-order valence-electron chi connectivity index (χ0n) is 10.7. The summed E-state index contributed by atoms with van der Waals surface area (Å²) in [5.74, 6) is 0. The highest BCUT2D eigenvalue weighted by atomic mass is 19.4. The molecular formula is C10H8F6N6. The SMILES string of the molecule is N#CCN1CN(CC#N)C(C(F)(F)F)N(C#N)C1C(F)(F)F. The Kier molecular flexibility index (Phi) is 5.07. The number of alkyl halides is 6. The van der Waals surface area contributed by atoms with Crippen molar-refractivity contribution in [3.63, 3.8) is 0 Å². The smallest absolute Gasteiger partial charge is 0.259 e. The van der Waals surface area contributed by atoms with Gasteiger partial charge < -0.3 is 0 Å². The lowest BCUT2D eigenvalue weighted by Crippen LogP contribution is -2.72. The largest absolute Gasteiger partial charge is 0.423 e. The van der Waals surface area contributed by atoms with E-state index in [-0.39, 0.29) is 0 Å². The van der Waals surface area contributed by atoms with Gasteiger partial charge in [-0.25, -0.2) is 9.80 Å². The first-order valence-electron chi connectivity index (χ1n) is 5.61. The Morgan fingerprint density at radius 2 is 1.18 bits per heavy atom. The zero-order chi connectivity index (χ0) is 17.1. The summed E-state index contributed by atoms with van der Waals surface area (Å²) in [5, 5.41) is 25.9. The summed E-state index contributed by atoms with van der Waals surface area (Å²) in [6.07, 6.45) is -15.3. The lowest BCUT2D eigenvalue weighted by atomic mass is 10.2. The summed E-state index contributed by atoms with van der Waals surface area (Å²) >= 11 is 0. The Hall–Kier alpha value is -2.23. The van der Waals surface area contributed by atoms with E-state index in [1.165, 1.54) is 12.1 Å². The molecule has 2 atom stereocenters. The van der Waals surface area contributed by atoms with Gasteiger partial charge in [0.25, 0.3) is 0 Å². The normalized spacial score (nSPS) is 24.4. The van der Waals surface area contributed by atoms with Gasteiger partial charge in [0.05, 0.1) is 31.9 Å².